The maximum Gasteiger partial charge on any atom is 0.332 e. The third-order valence-electron chi connectivity index (χ3n) is 4.54. The average molecular weight is 332 g/mol. The van der Waals surface area contributed by atoms with Crippen LogP contribution >= 0.6 is 0 Å². The molecular weight excluding hydrogens is 312 g/mol. The zero-order valence-corrected chi connectivity index (χ0v) is 13.5. The van der Waals surface area contributed by atoms with Crippen LogP contribution in [0, 0.1) is 0 Å². The number of ether oxygens (including phenoxy) is 2. The number of hydrogen-bond acceptors (Lipinski definition) is 5. The fourth-order valence-corrected chi connectivity index (χ4v) is 3.50. The number of amides is 2. The van der Waals surface area contributed by atoms with Gasteiger partial charge in [-0.05, 0) is 25.0 Å². The number of esters is 1. The lowest BCUT2D eigenvalue weighted by atomic mass is 9.90. The highest BCUT2D eigenvalue weighted by Gasteiger charge is 2.52. The van der Waals surface area contributed by atoms with E-state index in [4.69, 9.17) is 4.74 Å². The first-order valence-corrected chi connectivity index (χ1v) is 7.96. The van der Waals surface area contributed by atoms with Crippen molar-refractivity contribution in [1.82, 2.24) is 0 Å². The number of rotatable bonds is 4. The molecule has 1 heterocycles. The number of nitrogens with zero attached hydrogens (tertiary/aromatic N) is 1. The highest BCUT2D eigenvalue weighted by molar-refractivity contribution is 6.15. The molecule has 0 radical (unpaired) electrons. The van der Waals surface area contributed by atoms with Gasteiger partial charge in [0.05, 0.1) is 11.4 Å². The minimum atomic E-state index is -0.890. The predicted molar refractivity (Wildman–Crippen MR) is 86.6 cm³/mol. The molecule has 1 fully saturated rings. The van der Waals surface area contributed by atoms with Crippen LogP contribution in [-0.2, 0) is 23.9 Å². The van der Waals surface area contributed by atoms with Crippen molar-refractivity contribution in [3.05, 3.63) is 24.3 Å². The number of methoxy groups -OCH3 is 1. The fraction of sp³-hybridized carbons (Fsp3) is 0.471. The molecule has 128 valence electrons. The first-order chi connectivity index (χ1) is 11.6. The van der Waals surface area contributed by atoms with Gasteiger partial charge in [-0.2, -0.15) is 0 Å². The summed E-state index contributed by atoms with van der Waals surface area (Å²) in [4.78, 5) is 38.5. The summed E-state index contributed by atoms with van der Waals surface area (Å²) in [5.41, 5.74) is 0.349. The second kappa shape index (κ2) is 6.60. The molecule has 2 amide bonds. The van der Waals surface area contributed by atoms with Crippen molar-refractivity contribution in [3.8, 4) is 0 Å². The highest BCUT2D eigenvalue weighted by Crippen LogP contribution is 2.45. The predicted octanol–water partition coefficient (Wildman–Crippen LogP) is 1.47. The van der Waals surface area contributed by atoms with E-state index in [-0.39, 0.29) is 12.5 Å². The van der Waals surface area contributed by atoms with Crippen LogP contribution in [0.25, 0.3) is 0 Å². The molecule has 2 aliphatic rings. The van der Waals surface area contributed by atoms with Crippen molar-refractivity contribution in [3.63, 3.8) is 0 Å². The number of carbonyl (C=O) groups excluding carboxylic acids is 3. The van der Waals surface area contributed by atoms with Crippen molar-refractivity contribution in [2.24, 2.45) is 0 Å². The lowest BCUT2D eigenvalue weighted by molar-refractivity contribution is -0.151. The Kier molecular flexibility index (Phi) is 4.53. The number of fused-ring (bicyclic) bond motifs is 1. The van der Waals surface area contributed by atoms with Crippen molar-refractivity contribution < 1.29 is 23.9 Å². The summed E-state index contributed by atoms with van der Waals surface area (Å²) < 4.78 is 9.65. The highest BCUT2D eigenvalue weighted by atomic mass is 16.6. The molecule has 7 heteroatoms. The van der Waals surface area contributed by atoms with Crippen molar-refractivity contribution >= 4 is 29.2 Å². The minimum Gasteiger partial charge on any atom is -0.454 e. The van der Waals surface area contributed by atoms with Crippen LogP contribution in [0.15, 0.2) is 24.3 Å². The molecule has 1 aromatic rings. The summed E-state index contributed by atoms with van der Waals surface area (Å²) in [6.07, 6.45) is 2.96. The van der Waals surface area contributed by atoms with Crippen molar-refractivity contribution in [2.75, 3.05) is 30.5 Å². The van der Waals surface area contributed by atoms with Crippen LogP contribution in [0.5, 0.6) is 0 Å². The van der Waals surface area contributed by atoms with Gasteiger partial charge in [0.2, 0.25) is 0 Å². The molecule has 0 bridgehead atoms. The van der Waals surface area contributed by atoms with E-state index in [9.17, 15) is 14.4 Å². The average Bonchev–Trinajstić information content (AvgIpc) is 3.05. The number of carbonyl (C=O) groups is 3. The van der Waals surface area contributed by atoms with Gasteiger partial charge in [-0.1, -0.05) is 25.0 Å². The van der Waals surface area contributed by atoms with E-state index in [0.29, 0.717) is 24.2 Å². The molecule has 0 unspecified atom stereocenters. The molecule has 24 heavy (non-hydrogen) atoms. The summed E-state index contributed by atoms with van der Waals surface area (Å²) in [5, 5.41) is 2.90. The van der Waals surface area contributed by atoms with Gasteiger partial charge in [-0.3, -0.25) is 14.5 Å². The molecule has 7 nitrogen and oxygen atoms in total. The van der Waals surface area contributed by atoms with Crippen LogP contribution in [0.2, 0.25) is 0 Å². The van der Waals surface area contributed by atoms with Gasteiger partial charge in [-0.15, -0.1) is 0 Å². The Morgan fingerprint density at radius 3 is 2.62 bits per heavy atom. The lowest BCUT2D eigenvalue weighted by Crippen LogP contribution is -2.61. The standard InChI is InChI=1S/C17H20N2O5/c1-23-11-15(21)24-10-14(20)19-13-7-3-2-6-12(13)18-16(22)17(19)8-4-5-9-17/h2-3,6-7H,4-5,8-11H2,1H3,(H,18,22). The Bertz CT molecular complexity index is 667. The van der Waals surface area contributed by atoms with E-state index in [2.05, 4.69) is 10.1 Å². The van der Waals surface area contributed by atoms with Gasteiger partial charge in [-0.25, -0.2) is 4.79 Å². The van der Waals surface area contributed by atoms with E-state index >= 15 is 0 Å². The van der Waals surface area contributed by atoms with E-state index < -0.39 is 24.0 Å². The normalized spacial score (nSPS) is 18.2. The number of anilines is 2. The molecule has 1 spiro atoms. The second-order valence-electron chi connectivity index (χ2n) is 6.03. The van der Waals surface area contributed by atoms with Crippen LogP contribution in [0.1, 0.15) is 25.7 Å². The summed E-state index contributed by atoms with van der Waals surface area (Å²) in [6, 6.07) is 7.17. The van der Waals surface area contributed by atoms with E-state index in [0.717, 1.165) is 12.8 Å². The van der Waals surface area contributed by atoms with Crippen LogP contribution < -0.4 is 10.2 Å². The number of benzene rings is 1. The van der Waals surface area contributed by atoms with E-state index in [1.54, 1.807) is 18.2 Å². The summed E-state index contributed by atoms with van der Waals surface area (Å²) in [7, 11) is 1.38. The van der Waals surface area contributed by atoms with Crippen LogP contribution in [0.4, 0.5) is 11.4 Å². The molecule has 1 aliphatic carbocycles. The fourth-order valence-electron chi connectivity index (χ4n) is 3.50. The Balaban J connectivity index is 1.90. The maximum atomic E-state index is 12.8. The second-order valence-corrected chi connectivity index (χ2v) is 6.03. The number of nitrogens with one attached hydrogen (secondary N) is 1. The number of hydrogen-bond donors (Lipinski definition) is 1. The summed E-state index contributed by atoms with van der Waals surface area (Å²) in [5.74, 6) is -1.18. The van der Waals surface area contributed by atoms with E-state index in [1.807, 2.05) is 6.07 Å². The van der Waals surface area contributed by atoms with Gasteiger partial charge < -0.3 is 14.8 Å². The van der Waals surface area contributed by atoms with Crippen LogP contribution in [-0.4, -0.2) is 43.6 Å². The van der Waals surface area contributed by atoms with Gasteiger partial charge >= 0.3 is 5.97 Å². The third kappa shape index (κ3) is 2.75. The Morgan fingerprint density at radius 1 is 1.21 bits per heavy atom. The molecule has 0 saturated heterocycles. The molecular formula is C17H20N2O5. The quantitative estimate of drug-likeness (QED) is 0.844. The zero-order valence-electron chi connectivity index (χ0n) is 13.5. The molecule has 1 N–H and O–H groups in total. The Labute approximate surface area is 139 Å². The Hall–Kier alpha value is -2.41. The van der Waals surface area contributed by atoms with Crippen molar-refractivity contribution in [1.29, 1.82) is 0 Å². The smallest absolute Gasteiger partial charge is 0.332 e. The largest absolute Gasteiger partial charge is 0.454 e. The first-order valence-electron chi connectivity index (χ1n) is 7.96. The molecule has 0 aromatic heterocycles. The van der Waals surface area contributed by atoms with Crippen molar-refractivity contribution in [2.45, 2.75) is 31.2 Å². The SMILES string of the molecule is COCC(=O)OCC(=O)N1c2ccccc2NC(=O)C12CCCC2. The summed E-state index contributed by atoms with van der Waals surface area (Å²) >= 11 is 0. The topological polar surface area (TPSA) is 84.9 Å². The van der Waals surface area contributed by atoms with Gasteiger partial charge in [0, 0.05) is 7.11 Å². The zero-order chi connectivity index (χ0) is 17.2. The molecule has 1 aliphatic heterocycles. The summed E-state index contributed by atoms with van der Waals surface area (Å²) in [6.45, 7) is -0.624. The monoisotopic (exact) mass is 332 g/mol. The lowest BCUT2D eigenvalue weighted by Gasteiger charge is -2.44. The minimum absolute atomic E-state index is 0.171. The number of para-hydroxylation sites is 2. The molecule has 1 aromatic carbocycles. The van der Waals surface area contributed by atoms with Crippen LogP contribution in [0.3, 0.4) is 0 Å². The van der Waals surface area contributed by atoms with Gasteiger partial charge in [0.15, 0.2) is 6.61 Å². The third-order valence-corrected chi connectivity index (χ3v) is 4.54. The molecule has 1 saturated carbocycles. The first kappa shape index (κ1) is 16.4. The Morgan fingerprint density at radius 2 is 1.92 bits per heavy atom. The maximum absolute atomic E-state index is 12.8. The van der Waals surface area contributed by atoms with Gasteiger partial charge in [0.1, 0.15) is 12.1 Å². The molecule has 0 atom stereocenters. The molecule has 3 rings (SSSR count). The van der Waals surface area contributed by atoms with Gasteiger partial charge in [0.25, 0.3) is 11.8 Å². The van der Waals surface area contributed by atoms with E-state index in [1.165, 1.54) is 12.0 Å².